The molecule has 0 heterocycles. The van der Waals surface area contributed by atoms with Gasteiger partial charge < -0.3 is 5.11 Å². The molecule has 96 valence electrons. The van der Waals surface area contributed by atoms with Crippen LogP contribution >= 0.6 is 15.9 Å². The lowest BCUT2D eigenvalue weighted by Crippen LogP contribution is -2.32. The van der Waals surface area contributed by atoms with Crippen LogP contribution in [0.15, 0.2) is 28.7 Å². The van der Waals surface area contributed by atoms with Crippen LogP contribution in [-0.4, -0.2) is 16.9 Å². The van der Waals surface area contributed by atoms with Crippen molar-refractivity contribution >= 4 is 27.7 Å². The molecule has 1 saturated carbocycles. The molecule has 4 heteroatoms. The Bertz CT molecular complexity index is 453. The van der Waals surface area contributed by atoms with Gasteiger partial charge in [-0.1, -0.05) is 40.9 Å². The van der Waals surface area contributed by atoms with Gasteiger partial charge in [0, 0.05) is 16.0 Å². The summed E-state index contributed by atoms with van der Waals surface area (Å²) in [5, 5.41) is 9.19. The minimum atomic E-state index is -0.842. The Hall–Kier alpha value is -1.16. The standard InChI is InChI=1S/C14H15BrO3/c15-10-7-5-9(6-8-10)13(16)11-3-1-2-4-12(11)14(17)18/h5-8,11-12H,1-4H2,(H,17,18)/t11?,12-/m0/s1. The highest BCUT2D eigenvalue weighted by atomic mass is 79.9. The summed E-state index contributed by atoms with van der Waals surface area (Å²) in [7, 11) is 0. The van der Waals surface area contributed by atoms with Crippen LogP contribution in [-0.2, 0) is 4.79 Å². The minimum absolute atomic E-state index is 0.0328. The Labute approximate surface area is 114 Å². The number of aliphatic carboxylic acids is 1. The molecule has 0 saturated heterocycles. The summed E-state index contributed by atoms with van der Waals surface area (Å²) in [6.07, 6.45) is 3.14. The highest BCUT2D eigenvalue weighted by Crippen LogP contribution is 2.33. The SMILES string of the molecule is O=C(c1ccc(Br)cc1)C1CCCC[C@@H]1C(=O)O. The second kappa shape index (κ2) is 5.65. The molecular formula is C14H15BrO3. The first-order valence-electron chi connectivity index (χ1n) is 6.12. The zero-order valence-corrected chi connectivity index (χ0v) is 11.5. The van der Waals surface area contributed by atoms with Crippen LogP contribution < -0.4 is 0 Å². The van der Waals surface area contributed by atoms with Gasteiger partial charge in [-0.3, -0.25) is 9.59 Å². The summed E-state index contributed by atoms with van der Waals surface area (Å²) in [4.78, 5) is 23.5. The molecule has 0 radical (unpaired) electrons. The third-order valence-electron chi connectivity index (χ3n) is 3.55. The van der Waals surface area contributed by atoms with Crippen molar-refractivity contribution in [2.75, 3.05) is 0 Å². The number of hydrogen-bond donors (Lipinski definition) is 1. The molecule has 2 rings (SSSR count). The van der Waals surface area contributed by atoms with Crippen LogP contribution in [0.3, 0.4) is 0 Å². The summed E-state index contributed by atoms with van der Waals surface area (Å²) in [6, 6.07) is 7.12. The molecule has 1 aromatic rings. The molecule has 0 aromatic heterocycles. The van der Waals surface area contributed by atoms with Crippen molar-refractivity contribution in [3.8, 4) is 0 Å². The molecule has 1 aliphatic rings. The van der Waals surface area contributed by atoms with Crippen molar-refractivity contribution in [1.82, 2.24) is 0 Å². The largest absolute Gasteiger partial charge is 0.481 e. The zero-order valence-electron chi connectivity index (χ0n) is 9.93. The molecule has 1 fully saturated rings. The molecule has 1 unspecified atom stereocenters. The van der Waals surface area contributed by atoms with Crippen LogP contribution in [0, 0.1) is 11.8 Å². The smallest absolute Gasteiger partial charge is 0.307 e. The molecule has 0 amide bonds. The summed E-state index contributed by atoms with van der Waals surface area (Å²) in [6.45, 7) is 0. The third-order valence-corrected chi connectivity index (χ3v) is 4.08. The van der Waals surface area contributed by atoms with Crippen molar-refractivity contribution < 1.29 is 14.7 Å². The number of ketones is 1. The van der Waals surface area contributed by atoms with Crippen LogP contribution in [0.4, 0.5) is 0 Å². The lowest BCUT2D eigenvalue weighted by atomic mass is 9.75. The predicted molar refractivity (Wildman–Crippen MR) is 71.6 cm³/mol. The van der Waals surface area contributed by atoms with Crippen molar-refractivity contribution in [3.05, 3.63) is 34.3 Å². The topological polar surface area (TPSA) is 54.4 Å². The van der Waals surface area contributed by atoms with E-state index in [4.69, 9.17) is 0 Å². The summed E-state index contributed by atoms with van der Waals surface area (Å²) in [5.41, 5.74) is 0.608. The molecule has 1 N–H and O–H groups in total. The van der Waals surface area contributed by atoms with Crippen molar-refractivity contribution in [2.45, 2.75) is 25.7 Å². The van der Waals surface area contributed by atoms with Gasteiger partial charge in [0.1, 0.15) is 0 Å². The normalized spacial score (nSPS) is 23.6. The van der Waals surface area contributed by atoms with Gasteiger partial charge in [0.15, 0.2) is 5.78 Å². The molecule has 1 aliphatic carbocycles. The van der Waals surface area contributed by atoms with Gasteiger partial charge in [0.05, 0.1) is 5.92 Å². The van der Waals surface area contributed by atoms with Gasteiger partial charge in [-0.2, -0.15) is 0 Å². The highest BCUT2D eigenvalue weighted by Gasteiger charge is 2.35. The molecule has 18 heavy (non-hydrogen) atoms. The van der Waals surface area contributed by atoms with E-state index < -0.39 is 11.9 Å². The van der Waals surface area contributed by atoms with E-state index >= 15 is 0 Å². The van der Waals surface area contributed by atoms with E-state index in [1.54, 1.807) is 12.1 Å². The molecule has 0 bridgehead atoms. The average Bonchev–Trinajstić information content (AvgIpc) is 2.39. The summed E-state index contributed by atoms with van der Waals surface area (Å²) in [5.74, 6) is -1.76. The van der Waals surface area contributed by atoms with E-state index in [1.807, 2.05) is 12.1 Å². The molecule has 2 atom stereocenters. The Balaban J connectivity index is 2.20. The first kappa shape index (κ1) is 13.3. The van der Waals surface area contributed by atoms with Crippen molar-refractivity contribution in [3.63, 3.8) is 0 Å². The Morgan fingerprint density at radius 3 is 2.17 bits per heavy atom. The molecule has 0 spiro atoms. The van der Waals surface area contributed by atoms with Gasteiger partial charge in [-0.05, 0) is 25.0 Å². The van der Waals surface area contributed by atoms with Gasteiger partial charge in [-0.15, -0.1) is 0 Å². The van der Waals surface area contributed by atoms with Crippen molar-refractivity contribution in [1.29, 1.82) is 0 Å². The number of benzene rings is 1. The van der Waals surface area contributed by atoms with Crippen LogP contribution in [0.2, 0.25) is 0 Å². The summed E-state index contributed by atoms with van der Waals surface area (Å²) >= 11 is 3.32. The fourth-order valence-corrected chi connectivity index (χ4v) is 2.83. The Morgan fingerprint density at radius 1 is 1.06 bits per heavy atom. The van der Waals surface area contributed by atoms with Gasteiger partial charge in [-0.25, -0.2) is 0 Å². The van der Waals surface area contributed by atoms with E-state index in [9.17, 15) is 14.7 Å². The number of Topliss-reactive ketones (excluding diaryl/α,β-unsaturated/α-hetero) is 1. The van der Waals surface area contributed by atoms with Crippen LogP contribution in [0.5, 0.6) is 0 Å². The number of rotatable bonds is 3. The minimum Gasteiger partial charge on any atom is -0.481 e. The first-order chi connectivity index (χ1) is 8.59. The number of carboxylic acid groups (broad SMARTS) is 1. The Kier molecular flexibility index (Phi) is 4.17. The number of carbonyl (C=O) groups is 2. The van der Waals surface area contributed by atoms with E-state index in [1.165, 1.54) is 0 Å². The van der Waals surface area contributed by atoms with Crippen LogP contribution in [0.25, 0.3) is 0 Å². The number of carboxylic acids is 1. The summed E-state index contributed by atoms with van der Waals surface area (Å²) < 4.78 is 0.914. The van der Waals surface area contributed by atoms with E-state index in [-0.39, 0.29) is 11.7 Å². The number of carbonyl (C=O) groups excluding carboxylic acids is 1. The number of halogens is 1. The maximum Gasteiger partial charge on any atom is 0.307 e. The van der Waals surface area contributed by atoms with E-state index in [0.717, 1.165) is 17.3 Å². The molecule has 3 nitrogen and oxygen atoms in total. The third kappa shape index (κ3) is 2.80. The van der Waals surface area contributed by atoms with Gasteiger partial charge in [0.2, 0.25) is 0 Å². The monoisotopic (exact) mass is 310 g/mol. The predicted octanol–water partition coefficient (Wildman–Crippen LogP) is 3.52. The maximum atomic E-state index is 12.3. The molecule has 0 aliphatic heterocycles. The highest BCUT2D eigenvalue weighted by molar-refractivity contribution is 9.10. The van der Waals surface area contributed by atoms with E-state index in [0.29, 0.717) is 18.4 Å². The average molecular weight is 311 g/mol. The second-order valence-electron chi connectivity index (χ2n) is 4.71. The number of hydrogen-bond acceptors (Lipinski definition) is 2. The van der Waals surface area contributed by atoms with Crippen LogP contribution in [0.1, 0.15) is 36.0 Å². The van der Waals surface area contributed by atoms with Crippen molar-refractivity contribution in [2.24, 2.45) is 11.8 Å². The zero-order chi connectivity index (χ0) is 13.1. The second-order valence-corrected chi connectivity index (χ2v) is 5.62. The first-order valence-corrected chi connectivity index (χ1v) is 6.91. The lowest BCUT2D eigenvalue weighted by Gasteiger charge is -2.27. The van der Waals surface area contributed by atoms with Gasteiger partial charge in [0.25, 0.3) is 0 Å². The van der Waals surface area contributed by atoms with E-state index in [2.05, 4.69) is 15.9 Å². The maximum absolute atomic E-state index is 12.3. The van der Waals surface area contributed by atoms with Gasteiger partial charge >= 0.3 is 5.97 Å². The molecular weight excluding hydrogens is 296 g/mol. The Morgan fingerprint density at radius 2 is 1.61 bits per heavy atom. The fraction of sp³-hybridized carbons (Fsp3) is 0.429. The quantitative estimate of drug-likeness (QED) is 0.869. The fourth-order valence-electron chi connectivity index (χ4n) is 2.57. The molecule has 1 aromatic carbocycles. The lowest BCUT2D eigenvalue weighted by molar-refractivity contribution is -0.144.